The lowest BCUT2D eigenvalue weighted by Crippen LogP contribution is -2.01. The summed E-state index contributed by atoms with van der Waals surface area (Å²) in [7, 11) is 0. The van der Waals surface area contributed by atoms with E-state index in [0.29, 0.717) is 0 Å². The van der Waals surface area contributed by atoms with Crippen molar-refractivity contribution in [2.45, 2.75) is 0 Å². The SMILES string of the molecule is c1ccc2c(c1)NCSCSCN2. The van der Waals surface area contributed by atoms with Gasteiger partial charge in [-0.1, -0.05) is 12.1 Å². The molecule has 1 aromatic rings. The molecule has 2 rings (SSSR count). The summed E-state index contributed by atoms with van der Waals surface area (Å²) in [5.41, 5.74) is 2.41. The molecule has 1 heterocycles. The third-order valence-corrected chi connectivity index (χ3v) is 3.85. The van der Waals surface area contributed by atoms with Gasteiger partial charge in [-0.3, -0.25) is 0 Å². The first-order valence-corrected chi connectivity index (χ1v) is 6.50. The predicted molar refractivity (Wildman–Crippen MR) is 63.5 cm³/mol. The molecule has 1 aliphatic heterocycles. The quantitative estimate of drug-likeness (QED) is 0.690. The second-order valence-electron chi connectivity index (χ2n) is 2.71. The van der Waals surface area contributed by atoms with Crippen LogP contribution in [0.2, 0.25) is 0 Å². The van der Waals surface area contributed by atoms with Crippen molar-refractivity contribution in [3.05, 3.63) is 24.3 Å². The van der Waals surface area contributed by atoms with Gasteiger partial charge in [-0.25, -0.2) is 0 Å². The molecule has 13 heavy (non-hydrogen) atoms. The van der Waals surface area contributed by atoms with Gasteiger partial charge in [0.25, 0.3) is 0 Å². The molecule has 0 amide bonds. The number of thioether (sulfide) groups is 2. The van der Waals surface area contributed by atoms with E-state index < -0.39 is 0 Å². The van der Waals surface area contributed by atoms with Crippen LogP contribution in [-0.4, -0.2) is 16.8 Å². The molecular weight excluding hydrogens is 200 g/mol. The van der Waals surface area contributed by atoms with Crippen molar-refractivity contribution in [2.75, 3.05) is 27.5 Å². The lowest BCUT2D eigenvalue weighted by molar-refractivity contribution is 1.41. The fraction of sp³-hybridized carbons (Fsp3) is 0.333. The van der Waals surface area contributed by atoms with E-state index >= 15 is 0 Å². The van der Waals surface area contributed by atoms with Gasteiger partial charge >= 0.3 is 0 Å². The number of fused-ring (bicyclic) bond motifs is 1. The lowest BCUT2D eigenvalue weighted by Gasteiger charge is -2.09. The maximum atomic E-state index is 3.39. The minimum absolute atomic E-state index is 0.992. The molecular formula is C9H12N2S2. The fourth-order valence-corrected chi connectivity index (χ4v) is 2.84. The molecule has 1 aromatic carbocycles. The van der Waals surface area contributed by atoms with Crippen LogP contribution in [0.4, 0.5) is 11.4 Å². The summed E-state index contributed by atoms with van der Waals surface area (Å²) in [6.45, 7) is 0. The highest BCUT2D eigenvalue weighted by Gasteiger charge is 2.02. The number of rotatable bonds is 0. The Morgan fingerprint density at radius 3 is 2.00 bits per heavy atom. The zero-order valence-corrected chi connectivity index (χ0v) is 8.88. The van der Waals surface area contributed by atoms with Gasteiger partial charge in [-0.05, 0) is 12.1 Å². The molecule has 0 saturated carbocycles. The maximum Gasteiger partial charge on any atom is 0.0619 e. The Balaban J connectivity index is 2.17. The summed E-state index contributed by atoms with van der Waals surface area (Å²) in [5.74, 6) is 1.98. The van der Waals surface area contributed by atoms with Crippen LogP contribution in [-0.2, 0) is 0 Å². The van der Waals surface area contributed by atoms with Crippen molar-refractivity contribution in [2.24, 2.45) is 0 Å². The smallest absolute Gasteiger partial charge is 0.0619 e. The molecule has 0 radical (unpaired) electrons. The van der Waals surface area contributed by atoms with Gasteiger partial charge in [-0.15, -0.1) is 23.5 Å². The van der Waals surface area contributed by atoms with Gasteiger partial charge in [0.15, 0.2) is 0 Å². The molecule has 1 aliphatic rings. The molecule has 4 heteroatoms. The Hall–Kier alpha value is -0.480. The second kappa shape index (κ2) is 4.67. The predicted octanol–water partition coefficient (Wildman–Crippen LogP) is 2.86. The molecule has 0 bridgehead atoms. The first-order chi connectivity index (χ1) is 6.47. The van der Waals surface area contributed by atoms with E-state index in [-0.39, 0.29) is 0 Å². The van der Waals surface area contributed by atoms with Crippen LogP contribution in [0.1, 0.15) is 0 Å². The lowest BCUT2D eigenvalue weighted by atomic mass is 10.3. The van der Waals surface area contributed by atoms with E-state index in [1.807, 2.05) is 23.5 Å². The van der Waals surface area contributed by atoms with Gasteiger partial charge in [0.1, 0.15) is 0 Å². The summed E-state index contributed by atoms with van der Waals surface area (Å²) in [4.78, 5) is 0. The third-order valence-electron chi connectivity index (χ3n) is 1.82. The van der Waals surface area contributed by atoms with Crippen molar-refractivity contribution in [3.63, 3.8) is 0 Å². The van der Waals surface area contributed by atoms with E-state index in [9.17, 15) is 0 Å². The first kappa shape index (κ1) is 9.09. The van der Waals surface area contributed by atoms with Gasteiger partial charge in [0.05, 0.1) is 23.1 Å². The van der Waals surface area contributed by atoms with Crippen LogP contribution in [0.3, 0.4) is 0 Å². The van der Waals surface area contributed by atoms with Crippen LogP contribution >= 0.6 is 23.5 Å². The first-order valence-electron chi connectivity index (χ1n) is 4.19. The zero-order chi connectivity index (χ0) is 8.93. The number of benzene rings is 1. The van der Waals surface area contributed by atoms with Gasteiger partial charge in [-0.2, -0.15) is 0 Å². The standard InChI is InChI=1S/C9H12N2S2/c1-2-4-9-8(3-1)10-5-12-7-13-6-11-9/h1-4,10-11H,5-7H2. The molecule has 2 nitrogen and oxygen atoms in total. The molecule has 70 valence electrons. The summed E-state index contributed by atoms with van der Waals surface area (Å²) < 4.78 is 0. The topological polar surface area (TPSA) is 24.1 Å². The van der Waals surface area contributed by atoms with Crippen LogP contribution in [0.15, 0.2) is 24.3 Å². The molecule has 0 spiro atoms. The van der Waals surface area contributed by atoms with Gasteiger partial charge < -0.3 is 10.6 Å². The summed E-state index contributed by atoms with van der Waals surface area (Å²) in [6, 6.07) is 8.34. The van der Waals surface area contributed by atoms with Crippen molar-refractivity contribution in [3.8, 4) is 0 Å². The van der Waals surface area contributed by atoms with Gasteiger partial charge in [0, 0.05) is 5.08 Å². The van der Waals surface area contributed by atoms with Crippen molar-refractivity contribution in [1.29, 1.82) is 0 Å². The summed E-state index contributed by atoms with van der Waals surface area (Å²) >= 11 is 3.84. The largest absolute Gasteiger partial charge is 0.374 e. The van der Waals surface area contributed by atoms with Gasteiger partial charge in [0.2, 0.25) is 0 Å². The zero-order valence-electron chi connectivity index (χ0n) is 7.25. The maximum absolute atomic E-state index is 3.39. The third kappa shape index (κ3) is 2.48. The molecule has 0 atom stereocenters. The second-order valence-corrected chi connectivity index (χ2v) is 5.05. The average molecular weight is 212 g/mol. The Labute approximate surface area is 86.9 Å². The molecule has 2 N–H and O–H groups in total. The van der Waals surface area contributed by atoms with Crippen molar-refractivity contribution in [1.82, 2.24) is 0 Å². The highest BCUT2D eigenvalue weighted by molar-refractivity contribution is 8.16. The number of nitrogens with one attached hydrogen (secondary N) is 2. The summed E-state index contributed by atoms with van der Waals surface area (Å²) in [5, 5.41) is 7.93. The Morgan fingerprint density at radius 2 is 1.46 bits per heavy atom. The Kier molecular flexibility index (Phi) is 3.27. The van der Waals surface area contributed by atoms with E-state index in [0.717, 1.165) is 16.8 Å². The normalized spacial score (nSPS) is 16.9. The van der Waals surface area contributed by atoms with Crippen LogP contribution in [0.5, 0.6) is 0 Å². The van der Waals surface area contributed by atoms with Crippen LogP contribution < -0.4 is 10.6 Å². The molecule has 0 aliphatic carbocycles. The van der Waals surface area contributed by atoms with Crippen molar-refractivity contribution < 1.29 is 0 Å². The van der Waals surface area contributed by atoms with Crippen molar-refractivity contribution >= 4 is 34.9 Å². The number of para-hydroxylation sites is 2. The number of hydrogen-bond acceptors (Lipinski definition) is 4. The van der Waals surface area contributed by atoms with E-state index in [1.165, 1.54) is 11.4 Å². The van der Waals surface area contributed by atoms with Crippen LogP contribution in [0, 0.1) is 0 Å². The molecule has 0 saturated heterocycles. The number of hydrogen-bond donors (Lipinski definition) is 2. The van der Waals surface area contributed by atoms with E-state index in [4.69, 9.17) is 0 Å². The monoisotopic (exact) mass is 212 g/mol. The highest BCUT2D eigenvalue weighted by atomic mass is 32.2. The molecule has 0 aromatic heterocycles. The minimum Gasteiger partial charge on any atom is -0.374 e. The van der Waals surface area contributed by atoms with Crippen LogP contribution in [0.25, 0.3) is 0 Å². The summed E-state index contributed by atoms with van der Waals surface area (Å²) in [6.07, 6.45) is 0. The highest BCUT2D eigenvalue weighted by Crippen LogP contribution is 2.25. The Morgan fingerprint density at radius 1 is 0.923 bits per heavy atom. The number of anilines is 2. The fourth-order valence-electron chi connectivity index (χ4n) is 1.19. The minimum atomic E-state index is 0.992. The molecule has 0 fully saturated rings. The average Bonchev–Trinajstić information content (AvgIpc) is 2.28. The van der Waals surface area contributed by atoms with E-state index in [2.05, 4.69) is 34.9 Å². The molecule has 0 unspecified atom stereocenters. The van der Waals surface area contributed by atoms with E-state index in [1.54, 1.807) is 0 Å². The Bertz CT molecular complexity index is 251.